The Hall–Kier alpha value is -2.86. The minimum absolute atomic E-state index is 0.0530. The van der Waals surface area contributed by atoms with Crippen LogP contribution in [-0.4, -0.2) is 49.9 Å². The van der Waals surface area contributed by atoms with Crippen molar-refractivity contribution in [1.82, 2.24) is 4.90 Å². The van der Waals surface area contributed by atoms with Gasteiger partial charge in [-0.05, 0) is 55.4 Å². The molecule has 1 heterocycles. The summed E-state index contributed by atoms with van der Waals surface area (Å²) in [5, 5.41) is 5.73. The van der Waals surface area contributed by atoms with Gasteiger partial charge in [0.2, 0.25) is 11.8 Å². The number of aryl methyl sites for hydroxylation is 1. The summed E-state index contributed by atoms with van der Waals surface area (Å²) in [7, 11) is 2.15. The van der Waals surface area contributed by atoms with Gasteiger partial charge in [-0.15, -0.1) is 0 Å². The monoisotopic (exact) mass is 380 g/mol. The summed E-state index contributed by atoms with van der Waals surface area (Å²) in [4.78, 5) is 28.2. The van der Waals surface area contributed by atoms with E-state index in [4.69, 9.17) is 0 Å². The highest BCUT2D eigenvalue weighted by atomic mass is 16.2. The molecule has 2 aromatic carbocycles. The van der Waals surface area contributed by atoms with E-state index in [1.165, 1.54) is 12.6 Å². The summed E-state index contributed by atoms with van der Waals surface area (Å²) in [5.74, 6) is -0.163. The lowest BCUT2D eigenvalue weighted by Crippen LogP contribution is -2.44. The van der Waals surface area contributed by atoms with Gasteiger partial charge in [0.05, 0.1) is 6.42 Å². The van der Waals surface area contributed by atoms with Gasteiger partial charge >= 0.3 is 0 Å². The fraction of sp³-hybridized carbons (Fsp3) is 0.364. The standard InChI is InChI=1S/C22H28N4O2/c1-16-14-20(26-12-10-25(3)11-13-26)8-9-21(16)24-22(28)15-18-4-6-19(7-5-18)23-17(2)27/h4-9,14H,10-13,15H2,1-3H3,(H,23,27)(H,24,28). The Morgan fingerprint density at radius 3 is 2.25 bits per heavy atom. The van der Waals surface area contributed by atoms with Crippen LogP contribution in [0.25, 0.3) is 0 Å². The van der Waals surface area contributed by atoms with Crippen LogP contribution in [0.15, 0.2) is 42.5 Å². The highest BCUT2D eigenvalue weighted by Crippen LogP contribution is 2.24. The van der Waals surface area contributed by atoms with E-state index in [0.717, 1.165) is 48.7 Å². The van der Waals surface area contributed by atoms with Crippen LogP contribution in [0.3, 0.4) is 0 Å². The minimum atomic E-state index is -0.110. The van der Waals surface area contributed by atoms with Crippen molar-refractivity contribution < 1.29 is 9.59 Å². The number of nitrogens with one attached hydrogen (secondary N) is 2. The lowest BCUT2D eigenvalue weighted by atomic mass is 10.1. The van der Waals surface area contributed by atoms with Crippen molar-refractivity contribution >= 4 is 28.9 Å². The third-order valence-electron chi connectivity index (χ3n) is 4.99. The molecule has 2 N–H and O–H groups in total. The topological polar surface area (TPSA) is 64.7 Å². The first-order chi connectivity index (χ1) is 13.4. The van der Waals surface area contributed by atoms with Gasteiger partial charge in [-0.3, -0.25) is 9.59 Å². The van der Waals surface area contributed by atoms with E-state index in [1.807, 2.05) is 25.1 Å². The largest absolute Gasteiger partial charge is 0.369 e. The van der Waals surface area contributed by atoms with Crippen molar-refractivity contribution in [3.05, 3.63) is 53.6 Å². The summed E-state index contributed by atoms with van der Waals surface area (Å²) in [6, 6.07) is 13.5. The number of nitrogens with zero attached hydrogens (tertiary/aromatic N) is 2. The van der Waals surface area contributed by atoms with Crippen LogP contribution in [-0.2, 0) is 16.0 Å². The molecule has 2 amide bonds. The predicted octanol–water partition coefficient (Wildman–Crippen LogP) is 2.89. The van der Waals surface area contributed by atoms with Crippen molar-refractivity contribution in [2.24, 2.45) is 0 Å². The van der Waals surface area contributed by atoms with Gasteiger partial charge in [0.1, 0.15) is 0 Å². The molecule has 3 rings (SSSR count). The lowest BCUT2D eigenvalue weighted by Gasteiger charge is -2.34. The number of carbonyl (C=O) groups excluding carboxylic acids is 2. The van der Waals surface area contributed by atoms with Crippen LogP contribution < -0.4 is 15.5 Å². The van der Waals surface area contributed by atoms with Gasteiger partial charge in [-0.2, -0.15) is 0 Å². The maximum Gasteiger partial charge on any atom is 0.228 e. The molecule has 0 atom stereocenters. The lowest BCUT2D eigenvalue weighted by molar-refractivity contribution is -0.116. The summed E-state index contributed by atoms with van der Waals surface area (Å²) in [6.45, 7) is 7.68. The van der Waals surface area contributed by atoms with Crippen LogP contribution in [0.4, 0.5) is 17.1 Å². The Balaban J connectivity index is 1.58. The molecule has 1 fully saturated rings. The summed E-state index contributed by atoms with van der Waals surface area (Å²) in [6.07, 6.45) is 0.292. The Morgan fingerprint density at radius 2 is 1.64 bits per heavy atom. The molecule has 0 aromatic heterocycles. The first-order valence-corrected chi connectivity index (χ1v) is 9.61. The van der Waals surface area contributed by atoms with E-state index in [0.29, 0.717) is 6.42 Å². The van der Waals surface area contributed by atoms with Crippen molar-refractivity contribution in [3.8, 4) is 0 Å². The molecule has 2 aromatic rings. The van der Waals surface area contributed by atoms with E-state index < -0.39 is 0 Å². The van der Waals surface area contributed by atoms with Gasteiger partial charge in [-0.25, -0.2) is 0 Å². The zero-order chi connectivity index (χ0) is 20.1. The number of hydrogen-bond donors (Lipinski definition) is 2. The van der Waals surface area contributed by atoms with Gasteiger partial charge < -0.3 is 20.4 Å². The van der Waals surface area contributed by atoms with Crippen LogP contribution in [0, 0.1) is 6.92 Å². The Kier molecular flexibility index (Phi) is 6.31. The fourth-order valence-corrected chi connectivity index (χ4v) is 3.34. The molecule has 0 spiro atoms. The molecule has 1 aliphatic heterocycles. The maximum atomic E-state index is 12.4. The summed E-state index contributed by atoms with van der Waals surface area (Å²) >= 11 is 0. The third kappa shape index (κ3) is 5.33. The molecule has 0 aliphatic carbocycles. The second kappa shape index (κ2) is 8.89. The van der Waals surface area contributed by atoms with Crippen LogP contribution in [0.1, 0.15) is 18.1 Å². The number of carbonyl (C=O) groups is 2. The average molecular weight is 380 g/mol. The average Bonchev–Trinajstić information content (AvgIpc) is 2.65. The molecule has 0 saturated carbocycles. The van der Waals surface area contributed by atoms with E-state index in [2.05, 4.69) is 39.6 Å². The molecule has 0 radical (unpaired) electrons. The molecular weight excluding hydrogens is 352 g/mol. The summed E-state index contributed by atoms with van der Waals surface area (Å²) < 4.78 is 0. The van der Waals surface area contributed by atoms with Crippen molar-refractivity contribution in [2.75, 3.05) is 48.8 Å². The first kappa shape index (κ1) is 19.9. The molecule has 6 heteroatoms. The molecular formula is C22H28N4O2. The van der Waals surface area contributed by atoms with E-state index in [1.54, 1.807) is 12.1 Å². The van der Waals surface area contributed by atoms with Crippen LogP contribution in [0.5, 0.6) is 0 Å². The van der Waals surface area contributed by atoms with Gasteiger partial charge in [0.25, 0.3) is 0 Å². The van der Waals surface area contributed by atoms with E-state index in [-0.39, 0.29) is 11.8 Å². The van der Waals surface area contributed by atoms with Gasteiger partial charge in [0, 0.05) is 50.2 Å². The normalized spacial score (nSPS) is 14.6. The summed E-state index contributed by atoms with van der Waals surface area (Å²) in [5.41, 5.74) is 4.74. The molecule has 6 nitrogen and oxygen atoms in total. The Morgan fingerprint density at radius 1 is 0.964 bits per heavy atom. The molecule has 0 bridgehead atoms. The fourth-order valence-electron chi connectivity index (χ4n) is 3.34. The first-order valence-electron chi connectivity index (χ1n) is 9.61. The minimum Gasteiger partial charge on any atom is -0.369 e. The van der Waals surface area contributed by atoms with E-state index in [9.17, 15) is 9.59 Å². The maximum absolute atomic E-state index is 12.4. The second-order valence-electron chi connectivity index (χ2n) is 7.39. The van der Waals surface area contributed by atoms with Gasteiger partial charge in [0.15, 0.2) is 0 Å². The zero-order valence-electron chi connectivity index (χ0n) is 16.8. The number of rotatable bonds is 5. The van der Waals surface area contributed by atoms with E-state index >= 15 is 0 Å². The second-order valence-corrected chi connectivity index (χ2v) is 7.39. The molecule has 28 heavy (non-hydrogen) atoms. The SMILES string of the molecule is CC(=O)Nc1ccc(CC(=O)Nc2ccc(N3CCN(C)CC3)cc2C)cc1. The van der Waals surface area contributed by atoms with Crippen LogP contribution >= 0.6 is 0 Å². The van der Waals surface area contributed by atoms with Crippen LogP contribution in [0.2, 0.25) is 0 Å². The van der Waals surface area contributed by atoms with Gasteiger partial charge in [-0.1, -0.05) is 12.1 Å². The number of amides is 2. The molecule has 148 valence electrons. The highest BCUT2D eigenvalue weighted by molar-refractivity contribution is 5.93. The number of hydrogen-bond acceptors (Lipinski definition) is 4. The quantitative estimate of drug-likeness (QED) is 0.837. The molecule has 0 unspecified atom stereocenters. The number of piperazine rings is 1. The number of anilines is 3. The molecule has 1 aliphatic rings. The predicted molar refractivity (Wildman–Crippen MR) is 114 cm³/mol. The van der Waals surface area contributed by atoms with Crippen molar-refractivity contribution in [2.45, 2.75) is 20.3 Å². The molecule has 1 saturated heterocycles. The highest BCUT2D eigenvalue weighted by Gasteiger charge is 2.15. The van der Waals surface area contributed by atoms with Crippen molar-refractivity contribution in [1.29, 1.82) is 0 Å². The third-order valence-corrected chi connectivity index (χ3v) is 4.99. The van der Waals surface area contributed by atoms with Crippen molar-refractivity contribution in [3.63, 3.8) is 0 Å². The number of likely N-dealkylation sites (N-methyl/N-ethyl adjacent to an activating group) is 1. The number of benzene rings is 2. The zero-order valence-corrected chi connectivity index (χ0v) is 16.8. The Bertz CT molecular complexity index is 840. The smallest absolute Gasteiger partial charge is 0.228 e. The Labute approximate surface area is 166 Å².